The van der Waals surface area contributed by atoms with E-state index >= 15 is 0 Å². The number of carbonyl (C=O) groups is 4. The second-order valence-electron chi connectivity index (χ2n) is 8.02. The average Bonchev–Trinajstić information content (AvgIpc) is 3.33. The van der Waals surface area contributed by atoms with Crippen LogP contribution in [0.15, 0.2) is 30.6 Å². The van der Waals surface area contributed by atoms with E-state index < -0.39 is 58.1 Å². The van der Waals surface area contributed by atoms with Crippen LogP contribution in [0.4, 0.5) is 5.69 Å². The zero-order valence-corrected chi connectivity index (χ0v) is 19.1. The number of ether oxygens (including phenoxy) is 1. The van der Waals surface area contributed by atoms with Crippen LogP contribution in [-0.4, -0.2) is 71.3 Å². The van der Waals surface area contributed by atoms with Gasteiger partial charge in [0, 0.05) is 24.1 Å². The summed E-state index contributed by atoms with van der Waals surface area (Å²) in [4.78, 5) is 62.5. The standard InChI is InChI=1S/C20H21N9O7/c1-10(16-15(19(32)24-16)11(2)23-14(30)7-28-9-22-26-27-28)18(31)17(25-21)20(33)36-8-12-3-5-13(6-4-12)29(34)35/h3-6,9-11,15-16H,7-8H2,1-2H3,(H,23,30)(H,24,32)/t10?,11-,15-,16-/m1/s1. The zero-order valence-electron chi connectivity index (χ0n) is 19.1. The van der Waals surface area contributed by atoms with Crippen molar-refractivity contribution in [1.82, 2.24) is 30.8 Å². The molecule has 0 aliphatic carbocycles. The summed E-state index contributed by atoms with van der Waals surface area (Å²) in [5.41, 5.74) is 8.66. The molecule has 4 atom stereocenters. The Morgan fingerprint density at radius 1 is 1.31 bits per heavy atom. The largest absolute Gasteiger partial charge is 0.452 e. The number of amides is 2. The summed E-state index contributed by atoms with van der Waals surface area (Å²) in [6, 6.07) is 3.75. The molecule has 1 aliphatic heterocycles. The number of carbonyl (C=O) groups excluding carboxylic acids is 4. The molecule has 1 saturated heterocycles. The maximum absolute atomic E-state index is 12.9. The van der Waals surface area contributed by atoms with E-state index in [0.29, 0.717) is 5.56 Å². The maximum Gasteiger partial charge on any atom is 0.441 e. The molecule has 1 fully saturated rings. The number of benzene rings is 1. The van der Waals surface area contributed by atoms with Gasteiger partial charge >= 0.3 is 11.7 Å². The van der Waals surface area contributed by atoms with Crippen LogP contribution in [0.3, 0.4) is 0 Å². The average molecular weight is 499 g/mol. The van der Waals surface area contributed by atoms with Crippen molar-refractivity contribution in [3.8, 4) is 0 Å². The lowest BCUT2D eigenvalue weighted by molar-refractivity contribution is -0.384. The summed E-state index contributed by atoms with van der Waals surface area (Å²) in [6.07, 6.45) is 1.25. The summed E-state index contributed by atoms with van der Waals surface area (Å²) in [5, 5.41) is 26.4. The molecule has 1 aliphatic rings. The molecule has 2 aromatic rings. The number of nitrogens with one attached hydrogen (secondary N) is 2. The Morgan fingerprint density at radius 2 is 2.00 bits per heavy atom. The second-order valence-corrected chi connectivity index (χ2v) is 8.02. The molecular weight excluding hydrogens is 478 g/mol. The van der Waals surface area contributed by atoms with Gasteiger partial charge in [-0.2, -0.15) is 4.79 Å². The smallest absolute Gasteiger partial charge is 0.441 e. The van der Waals surface area contributed by atoms with E-state index in [1.807, 2.05) is 0 Å². The Balaban J connectivity index is 1.58. The van der Waals surface area contributed by atoms with Gasteiger partial charge in [0.1, 0.15) is 19.5 Å². The summed E-state index contributed by atoms with van der Waals surface area (Å²) in [6.45, 7) is 2.52. The minimum absolute atomic E-state index is 0.149. The Bertz CT molecular complexity index is 1220. The molecule has 0 saturated carbocycles. The minimum Gasteiger partial charge on any atom is -0.452 e. The number of aromatic nitrogens is 4. The summed E-state index contributed by atoms with van der Waals surface area (Å²) >= 11 is 0. The lowest BCUT2D eigenvalue weighted by atomic mass is 9.75. The van der Waals surface area contributed by atoms with E-state index in [2.05, 4.69) is 30.9 Å². The van der Waals surface area contributed by atoms with Crippen molar-refractivity contribution in [2.45, 2.75) is 39.1 Å². The Morgan fingerprint density at radius 3 is 2.56 bits per heavy atom. The van der Waals surface area contributed by atoms with Crippen LogP contribution in [0.2, 0.25) is 0 Å². The predicted octanol–water partition coefficient (Wildman–Crippen LogP) is -1.18. The monoisotopic (exact) mass is 499 g/mol. The fraction of sp³-hybridized carbons (Fsp3) is 0.400. The van der Waals surface area contributed by atoms with Crippen LogP contribution in [-0.2, 0) is 37.1 Å². The first-order valence-electron chi connectivity index (χ1n) is 10.6. The summed E-state index contributed by atoms with van der Waals surface area (Å²) < 4.78 is 6.19. The van der Waals surface area contributed by atoms with Gasteiger partial charge in [-0.3, -0.25) is 24.5 Å². The molecule has 36 heavy (non-hydrogen) atoms. The molecule has 2 amide bonds. The van der Waals surface area contributed by atoms with E-state index in [0.717, 1.165) is 0 Å². The zero-order chi connectivity index (χ0) is 26.4. The van der Waals surface area contributed by atoms with Gasteiger partial charge < -0.3 is 20.9 Å². The highest BCUT2D eigenvalue weighted by Crippen LogP contribution is 2.26. The fourth-order valence-corrected chi connectivity index (χ4v) is 3.68. The van der Waals surface area contributed by atoms with Gasteiger partial charge in [-0.05, 0) is 35.0 Å². The number of nitro groups is 1. The van der Waals surface area contributed by atoms with E-state index in [1.54, 1.807) is 6.92 Å². The van der Waals surface area contributed by atoms with Gasteiger partial charge in [0.2, 0.25) is 11.8 Å². The Hall–Kier alpha value is -4.85. The molecule has 1 aromatic carbocycles. The first-order valence-corrected chi connectivity index (χ1v) is 10.6. The number of esters is 1. The van der Waals surface area contributed by atoms with E-state index in [4.69, 9.17) is 4.74 Å². The molecule has 0 bridgehead atoms. The third-order valence-electron chi connectivity index (χ3n) is 5.62. The lowest BCUT2D eigenvalue weighted by Crippen LogP contribution is -2.68. The van der Waals surface area contributed by atoms with Gasteiger partial charge in [-0.15, -0.1) is 5.10 Å². The van der Waals surface area contributed by atoms with E-state index in [9.17, 15) is 34.8 Å². The third kappa shape index (κ3) is 5.79. The number of tetrazole rings is 1. The molecule has 2 N–H and O–H groups in total. The number of Topliss-reactive ketones (excluding diaryl/α,β-unsaturated/α-hetero) is 1. The first-order chi connectivity index (χ1) is 17.1. The second kappa shape index (κ2) is 11.1. The molecule has 1 unspecified atom stereocenters. The quantitative estimate of drug-likeness (QED) is 0.0550. The molecule has 0 spiro atoms. The molecule has 0 radical (unpaired) electrons. The topological polar surface area (TPSA) is 225 Å². The highest BCUT2D eigenvalue weighted by Gasteiger charge is 2.50. The van der Waals surface area contributed by atoms with Crippen LogP contribution in [0, 0.1) is 22.0 Å². The van der Waals surface area contributed by atoms with Gasteiger partial charge in [-0.25, -0.2) is 9.48 Å². The Labute approximate surface area is 202 Å². The molecule has 2 heterocycles. The number of hydrogen-bond acceptors (Lipinski definition) is 10. The highest BCUT2D eigenvalue weighted by atomic mass is 16.6. The third-order valence-corrected chi connectivity index (χ3v) is 5.62. The number of nitrogens with zero attached hydrogens (tertiary/aromatic N) is 7. The number of nitro benzene ring substituents is 1. The molecule has 188 valence electrons. The van der Waals surface area contributed by atoms with Crippen molar-refractivity contribution in [2.75, 3.05) is 0 Å². The van der Waals surface area contributed by atoms with Crippen LogP contribution in [0.25, 0.3) is 5.53 Å². The molecule has 16 heteroatoms. The van der Waals surface area contributed by atoms with E-state index in [-0.39, 0.29) is 18.8 Å². The Kier molecular flexibility index (Phi) is 7.91. The molecule has 3 rings (SSSR count). The van der Waals surface area contributed by atoms with Gasteiger partial charge in [-0.1, -0.05) is 6.92 Å². The van der Waals surface area contributed by atoms with Crippen LogP contribution in [0.5, 0.6) is 0 Å². The van der Waals surface area contributed by atoms with Crippen molar-refractivity contribution in [3.05, 3.63) is 51.8 Å². The van der Waals surface area contributed by atoms with Gasteiger partial charge in [0.25, 0.3) is 11.5 Å². The van der Waals surface area contributed by atoms with Crippen molar-refractivity contribution >= 4 is 35.0 Å². The van der Waals surface area contributed by atoms with Gasteiger partial charge in [0.05, 0.1) is 16.9 Å². The fourth-order valence-electron chi connectivity index (χ4n) is 3.68. The van der Waals surface area contributed by atoms with E-state index in [1.165, 1.54) is 42.2 Å². The number of hydrogen-bond donors (Lipinski definition) is 2. The lowest BCUT2D eigenvalue weighted by Gasteiger charge is -2.42. The van der Waals surface area contributed by atoms with Crippen molar-refractivity contribution in [3.63, 3.8) is 0 Å². The SMILES string of the molecule is CC(C(=O)C(=[N+]=[N-])C(=O)OCc1ccc([N+](=O)[O-])cc1)[C@H]1NC(=O)[C@@H]1[C@@H](C)NC(=O)Cn1cnnn1. The number of β-lactam (4-membered cyclic amide) rings is 1. The van der Waals surface area contributed by atoms with Crippen molar-refractivity contribution < 1.29 is 33.6 Å². The van der Waals surface area contributed by atoms with Crippen LogP contribution in [0.1, 0.15) is 19.4 Å². The minimum atomic E-state index is -1.21. The van der Waals surface area contributed by atoms with Gasteiger partial charge in [0.15, 0.2) is 0 Å². The van der Waals surface area contributed by atoms with Crippen molar-refractivity contribution in [1.29, 1.82) is 0 Å². The molecule has 1 aromatic heterocycles. The summed E-state index contributed by atoms with van der Waals surface area (Å²) in [7, 11) is 0. The highest BCUT2D eigenvalue weighted by molar-refractivity contribution is 6.62. The maximum atomic E-state index is 12.9. The van der Waals surface area contributed by atoms with Crippen LogP contribution < -0.4 is 10.6 Å². The summed E-state index contributed by atoms with van der Waals surface area (Å²) in [5.74, 6) is -4.74. The van der Waals surface area contributed by atoms with Crippen LogP contribution >= 0.6 is 0 Å². The predicted molar refractivity (Wildman–Crippen MR) is 117 cm³/mol. The number of ketones is 1. The normalized spacial score (nSPS) is 18.0. The number of non-ortho nitro benzene ring substituents is 1. The molecule has 16 nitrogen and oxygen atoms in total. The number of rotatable bonds is 11. The molecular formula is C20H21N9O7. The first kappa shape index (κ1) is 25.8. The van der Waals surface area contributed by atoms with Crippen molar-refractivity contribution in [2.24, 2.45) is 11.8 Å².